The average Bonchev–Trinajstić information content (AvgIpc) is 2.64. The summed E-state index contributed by atoms with van der Waals surface area (Å²) in [7, 11) is 1.48. The van der Waals surface area contributed by atoms with Gasteiger partial charge >= 0.3 is 0 Å². The van der Waals surface area contributed by atoms with E-state index in [-0.39, 0.29) is 18.6 Å². The lowest BCUT2D eigenvalue weighted by Gasteiger charge is -2.34. The fraction of sp³-hybridized carbons (Fsp3) is 0.333. The SMILES string of the molecule is COc1cc(C(=O)NC(c2ccc(Br)cc2)C2CCC2)ccc1OCC(N)=O. The Morgan fingerprint density at radius 2 is 1.89 bits per heavy atom. The molecular weight excluding hydrogens is 424 g/mol. The molecule has 0 radical (unpaired) electrons. The number of primary amides is 1. The second-order valence-corrected chi connectivity index (χ2v) is 7.73. The van der Waals surface area contributed by atoms with Gasteiger partial charge in [-0.05, 0) is 54.7 Å². The standard InChI is InChI=1S/C21H23BrN2O4/c1-27-18-11-15(7-10-17(18)28-12-19(23)25)21(26)24-20(13-3-2-4-13)14-5-8-16(22)9-6-14/h5-11,13,20H,2-4,12H2,1H3,(H2,23,25)(H,24,26). The first kappa shape index (κ1) is 20.2. The molecule has 0 aliphatic heterocycles. The predicted octanol–water partition coefficient (Wildman–Crippen LogP) is 3.59. The van der Waals surface area contributed by atoms with E-state index in [1.54, 1.807) is 18.2 Å². The normalized spacial score (nSPS) is 14.6. The Labute approximate surface area is 172 Å². The van der Waals surface area contributed by atoms with Gasteiger partial charge in [0.15, 0.2) is 18.1 Å². The summed E-state index contributed by atoms with van der Waals surface area (Å²) in [5.74, 6) is 0.408. The lowest BCUT2D eigenvalue weighted by molar-refractivity contribution is -0.119. The number of methoxy groups -OCH3 is 1. The van der Waals surface area contributed by atoms with Crippen LogP contribution in [0.25, 0.3) is 0 Å². The van der Waals surface area contributed by atoms with Crippen molar-refractivity contribution in [2.75, 3.05) is 13.7 Å². The number of halogens is 1. The number of nitrogens with one attached hydrogen (secondary N) is 1. The third-order valence-electron chi connectivity index (χ3n) is 4.93. The molecule has 2 aromatic rings. The van der Waals surface area contributed by atoms with Gasteiger partial charge in [0.1, 0.15) is 0 Å². The van der Waals surface area contributed by atoms with E-state index >= 15 is 0 Å². The number of hydrogen-bond donors (Lipinski definition) is 2. The molecule has 28 heavy (non-hydrogen) atoms. The van der Waals surface area contributed by atoms with Crippen molar-refractivity contribution in [1.29, 1.82) is 0 Å². The predicted molar refractivity (Wildman–Crippen MR) is 109 cm³/mol. The van der Waals surface area contributed by atoms with E-state index in [2.05, 4.69) is 21.2 Å². The van der Waals surface area contributed by atoms with E-state index in [1.807, 2.05) is 24.3 Å². The number of nitrogens with two attached hydrogens (primary N) is 1. The van der Waals surface area contributed by atoms with Crippen LogP contribution >= 0.6 is 15.9 Å². The highest BCUT2D eigenvalue weighted by Gasteiger charge is 2.30. The zero-order valence-electron chi connectivity index (χ0n) is 15.6. The molecule has 0 saturated heterocycles. The summed E-state index contributed by atoms with van der Waals surface area (Å²) in [4.78, 5) is 23.8. The minimum atomic E-state index is -0.582. The van der Waals surface area contributed by atoms with Crippen molar-refractivity contribution in [2.45, 2.75) is 25.3 Å². The van der Waals surface area contributed by atoms with E-state index in [0.29, 0.717) is 23.0 Å². The molecule has 148 valence electrons. The zero-order chi connectivity index (χ0) is 20.1. The summed E-state index contributed by atoms with van der Waals surface area (Å²) in [5, 5.41) is 3.17. The van der Waals surface area contributed by atoms with Crippen LogP contribution in [0.15, 0.2) is 46.9 Å². The van der Waals surface area contributed by atoms with Crippen LogP contribution in [-0.2, 0) is 4.79 Å². The smallest absolute Gasteiger partial charge is 0.255 e. The third kappa shape index (κ3) is 4.84. The van der Waals surface area contributed by atoms with E-state index in [9.17, 15) is 9.59 Å². The summed E-state index contributed by atoms with van der Waals surface area (Å²) in [6.45, 7) is -0.255. The monoisotopic (exact) mass is 446 g/mol. The quantitative estimate of drug-likeness (QED) is 0.647. The van der Waals surface area contributed by atoms with Gasteiger partial charge in [-0.25, -0.2) is 0 Å². The Hall–Kier alpha value is -2.54. The molecule has 2 amide bonds. The molecule has 1 fully saturated rings. The zero-order valence-corrected chi connectivity index (χ0v) is 17.2. The largest absolute Gasteiger partial charge is 0.493 e. The second kappa shape index (κ2) is 9.10. The van der Waals surface area contributed by atoms with Crippen molar-refractivity contribution < 1.29 is 19.1 Å². The summed E-state index contributed by atoms with van der Waals surface area (Å²) in [6.07, 6.45) is 3.39. The summed E-state index contributed by atoms with van der Waals surface area (Å²) in [6, 6.07) is 12.9. The Morgan fingerprint density at radius 3 is 2.46 bits per heavy atom. The molecule has 2 aromatic carbocycles. The van der Waals surface area contributed by atoms with Crippen LogP contribution in [0.5, 0.6) is 11.5 Å². The second-order valence-electron chi connectivity index (χ2n) is 6.81. The van der Waals surface area contributed by atoms with Gasteiger partial charge in [-0.15, -0.1) is 0 Å². The van der Waals surface area contributed by atoms with Crippen LogP contribution in [0.1, 0.15) is 41.2 Å². The molecule has 1 saturated carbocycles. The van der Waals surface area contributed by atoms with Crippen molar-refractivity contribution in [2.24, 2.45) is 11.7 Å². The van der Waals surface area contributed by atoms with Gasteiger partial charge in [-0.1, -0.05) is 34.5 Å². The molecule has 1 unspecified atom stereocenters. The average molecular weight is 447 g/mol. The molecule has 1 atom stereocenters. The fourth-order valence-corrected chi connectivity index (χ4v) is 3.48. The maximum atomic E-state index is 12.9. The lowest BCUT2D eigenvalue weighted by Crippen LogP contribution is -2.36. The van der Waals surface area contributed by atoms with Gasteiger partial charge in [-0.2, -0.15) is 0 Å². The maximum absolute atomic E-state index is 12.9. The van der Waals surface area contributed by atoms with Crippen molar-refractivity contribution in [3.8, 4) is 11.5 Å². The molecule has 1 aliphatic carbocycles. The molecular formula is C21H23BrN2O4. The van der Waals surface area contributed by atoms with Crippen molar-refractivity contribution in [3.05, 3.63) is 58.1 Å². The first-order valence-corrected chi connectivity index (χ1v) is 9.92. The first-order valence-electron chi connectivity index (χ1n) is 9.13. The molecule has 0 aromatic heterocycles. The molecule has 7 heteroatoms. The van der Waals surface area contributed by atoms with Gasteiger partial charge in [0, 0.05) is 10.0 Å². The number of hydrogen-bond acceptors (Lipinski definition) is 4. The Balaban J connectivity index is 1.77. The highest BCUT2D eigenvalue weighted by molar-refractivity contribution is 9.10. The van der Waals surface area contributed by atoms with E-state index in [4.69, 9.17) is 15.2 Å². The molecule has 1 aliphatic rings. The van der Waals surface area contributed by atoms with Gasteiger partial charge in [0.2, 0.25) is 0 Å². The van der Waals surface area contributed by atoms with Crippen LogP contribution in [0, 0.1) is 5.92 Å². The Kier molecular flexibility index (Phi) is 6.57. The topological polar surface area (TPSA) is 90.7 Å². The van der Waals surface area contributed by atoms with Crippen molar-refractivity contribution >= 4 is 27.7 Å². The molecule has 3 N–H and O–H groups in total. The van der Waals surface area contributed by atoms with E-state index in [1.165, 1.54) is 13.5 Å². The number of benzene rings is 2. The molecule has 0 heterocycles. The maximum Gasteiger partial charge on any atom is 0.255 e. The minimum absolute atomic E-state index is 0.0360. The van der Waals surface area contributed by atoms with Gasteiger partial charge in [0.05, 0.1) is 13.2 Å². The summed E-state index contributed by atoms with van der Waals surface area (Å²) >= 11 is 3.45. The van der Waals surface area contributed by atoms with E-state index in [0.717, 1.165) is 22.9 Å². The van der Waals surface area contributed by atoms with Crippen molar-refractivity contribution in [1.82, 2.24) is 5.32 Å². The van der Waals surface area contributed by atoms with Crippen LogP contribution < -0.4 is 20.5 Å². The number of amides is 2. The van der Waals surface area contributed by atoms with Crippen LogP contribution in [0.2, 0.25) is 0 Å². The Bertz CT molecular complexity index is 850. The van der Waals surface area contributed by atoms with Gasteiger partial charge in [0.25, 0.3) is 11.8 Å². The molecule has 0 spiro atoms. The summed E-state index contributed by atoms with van der Waals surface area (Å²) < 4.78 is 11.6. The first-order chi connectivity index (χ1) is 13.5. The van der Waals surface area contributed by atoms with Gasteiger partial charge < -0.3 is 20.5 Å². The number of ether oxygens (including phenoxy) is 2. The number of carbonyl (C=O) groups is 2. The van der Waals surface area contributed by atoms with Gasteiger partial charge in [-0.3, -0.25) is 9.59 Å². The van der Waals surface area contributed by atoms with E-state index < -0.39 is 5.91 Å². The molecule has 6 nitrogen and oxygen atoms in total. The minimum Gasteiger partial charge on any atom is -0.493 e. The molecule has 3 rings (SSSR count). The van der Waals surface area contributed by atoms with Crippen LogP contribution in [0.4, 0.5) is 0 Å². The van der Waals surface area contributed by atoms with Crippen LogP contribution in [-0.4, -0.2) is 25.5 Å². The highest BCUT2D eigenvalue weighted by Crippen LogP contribution is 2.38. The third-order valence-corrected chi connectivity index (χ3v) is 5.46. The lowest BCUT2D eigenvalue weighted by atomic mass is 9.77. The molecule has 0 bridgehead atoms. The highest BCUT2D eigenvalue weighted by atomic mass is 79.9. The fourth-order valence-electron chi connectivity index (χ4n) is 3.22. The summed E-state index contributed by atoms with van der Waals surface area (Å²) in [5.41, 5.74) is 6.66. The Morgan fingerprint density at radius 1 is 1.18 bits per heavy atom. The number of carbonyl (C=O) groups excluding carboxylic acids is 2. The van der Waals surface area contributed by atoms with Crippen molar-refractivity contribution in [3.63, 3.8) is 0 Å². The van der Waals surface area contributed by atoms with Crippen LogP contribution in [0.3, 0.4) is 0 Å². The number of rotatable bonds is 8.